The fourth-order valence-corrected chi connectivity index (χ4v) is 2.82. The van der Waals surface area contributed by atoms with Crippen molar-refractivity contribution in [3.8, 4) is 5.75 Å². The van der Waals surface area contributed by atoms with Crippen LogP contribution in [0.3, 0.4) is 0 Å². The summed E-state index contributed by atoms with van der Waals surface area (Å²) in [6.45, 7) is 4.96. The van der Waals surface area contributed by atoms with E-state index in [-0.39, 0.29) is 0 Å². The molecule has 0 aliphatic rings. The second kappa shape index (κ2) is 11.5. The van der Waals surface area contributed by atoms with Crippen LogP contribution in [0.1, 0.15) is 17.8 Å². The van der Waals surface area contributed by atoms with Crippen LogP contribution in [-0.2, 0) is 4.74 Å². The molecular weight excluding hydrogens is 412 g/mol. The lowest BCUT2D eigenvalue weighted by molar-refractivity contribution is 0.197. The predicted octanol–water partition coefficient (Wildman–Crippen LogP) is 3.55. The molecule has 0 amide bonds. The van der Waals surface area contributed by atoms with Gasteiger partial charge in [0, 0.05) is 36.7 Å². The predicted molar refractivity (Wildman–Crippen MR) is 121 cm³/mol. The van der Waals surface area contributed by atoms with Crippen molar-refractivity contribution in [1.82, 2.24) is 15.3 Å². The lowest BCUT2D eigenvalue weighted by Crippen LogP contribution is -2.39. The molecule has 29 heavy (non-hydrogen) atoms. The number of aromatic nitrogens is 2. The van der Waals surface area contributed by atoms with Gasteiger partial charge < -0.3 is 20.1 Å². The number of anilines is 2. The van der Waals surface area contributed by atoms with Gasteiger partial charge in [0.25, 0.3) is 0 Å². The van der Waals surface area contributed by atoms with E-state index >= 15 is 0 Å². The van der Waals surface area contributed by atoms with Gasteiger partial charge in [-0.15, -0.1) is 0 Å². The van der Waals surface area contributed by atoms with Crippen molar-refractivity contribution in [3.63, 3.8) is 0 Å². The van der Waals surface area contributed by atoms with E-state index in [0.717, 1.165) is 17.8 Å². The second-order valence-electron chi connectivity index (χ2n) is 6.10. The van der Waals surface area contributed by atoms with Gasteiger partial charge in [0.2, 0.25) is 11.9 Å². The minimum absolute atomic E-state index is 0.313. The van der Waals surface area contributed by atoms with Gasteiger partial charge in [0.05, 0.1) is 12.8 Å². The molecule has 2 rings (SSSR count). The van der Waals surface area contributed by atoms with Gasteiger partial charge in [-0.05, 0) is 56.8 Å². The highest BCUT2D eigenvalue weighted by Crippen LogP contribution is 2.27. The summed E-state index contributed by atoms with van der Waals surface area (Å²) < 4.78 is 10.4. The van der Waals surface area contributed by atoms with E-state index < -0.39 is 0 Å². The number of hydrogen-bond donors (Lipinski definition) is 3. The minimum Gasteiger partial charge on any atom is -0.495 e. The Morgan fingerprint density at radius 3 is 2.52 bits per heavy atom. The van der Waals surface area contributed by atoms with Gasteiger partial charge in [-0.1, -0.05) is 11.6 Å². The largest absolute Gasteiger partial charge is 0.495 e. The molecule has 156 valence electrons. The summed E-state index contributed by atoms with van der Waals surface area (Å²) in [5.41, 5.74) is 2.34. The molecule has 0 bridgehead atoms. The molecule has 0 saturated heterocycles. The summed E-state index contributed by atoms with van der Waals surface area (Å²) >= 11 is 11.5. The topological polar surface area (TPSA) is 92.7 Å². The van der Waals surface area contributed by atoms with Crippen molar-refractivity contribution in [2.45, 2.75) is 20.3 Å². The van der Waals surface area contributed by atoms with Gasteiger partial charge in [0.1, 0.15) is 5.75 Å². The average molecular weight is 437 g/mol. The Balaban J connectivity index is 2.13. The quantitative estimate of drug-likeness (QED) is 0.262. The standard InChI is InChI=1S/C19H25ClN6O2S/c1-12-10-13(2)23-18(22-12)25-17(21-8-5-9-27-3)26-19(29)24-15-11-14(20)6-7-16(15)28-4/h6-7,10-11H,5,8-9H2,1-4H3,(H3,21,22,23,24,25,26,29). The number of nitrogens with zero attached hydrogens (tertiary/aromatic N) is 3. The number of thiocarbonyl (C=S) groups is 1. The molecule has 10 heteroatoms. The molecule has 0 atom stereocenters. The van der Waals surface area contributed by atoms with E-state index in [4.69, 9.17) is 33.3 Å². The molecule has 0 unspecified atom stereocenters. The zero-order valence-corrected chi connectivity index (χ0v) is 18.4. The number of aryl methyl sites for hydroxylation is 2. The Morgan fingerprint density at radius 2 is 1.86 bits per heavy atom. The second-order valence-corrected chi connectivity index (χ2v) is 6.94. The minimum atomic E-state index is 0.313. The van der Waals surface area contributed by atoms with E-state index in [2.05, 4.69) is 30.9 Å². The Hall–Kier alpha value is -2.49. The number of halogens is 1. The average Bonchev–Trinajstić information content (AvgIpc) is 2.64. The van der Waals surface area contributed by atoms with Crippen LogP contribution in [0.4, 0.5) is 11.6 Å². The molecule has 0 aliphatic carbocycles. The number of rotatable bonds is 7. The van der Waals surface area contributed by atoms with Crippen molar-refractivity contribution in [3.05, 3.63) is 40.7 Å². The molecule has 1 aromatic carbocycles. The molecule has 0 spiro atoms. The summed E-state index contributed by atoms with van der Waals surface area (Å²) in [5.74, 6) is 1.47. The normalized spacial score (nSPS) is 11.1. The van der Waals surface area contributed by atoms with Crippen LogP contribution in [0.2, 0.25) is 5.02 Å². The number of guanidine groups is 1. The van der Waals surface area contributed by atoms with E-state index in [9.17, 15) is 0 Å². The molecule has 0 saturated carbocycles. The zero-order chi connectivity index (χ0) is 21.2. The van der Waals surface area contributed by atoms with E-state index in [1.807, 2.05) is 19.9 Å². The van der Waals surface area contributed by atoms with E-state index in [0.29, 0.717) is 46.6 Å². The van der Waals surface area contributed by atoms with E-state index in [1.54, 1.807) is 32.4 Å². The molecule has 0 aliphatic heterocycles. The Kier molecular flexibility index (Phi) is 9.04. The van der Waals surface area contributed by atoms with Crippen LogP contribution in [0.5, 0.6) is 5.75 Å². The first kappa shape index (κ1) is 22.8. The number of hydrogen-bond acceptors (Lipinski definition) is 6. The van der Waals surface area contributed by atoms with Gasteiger partial charge in [-0.2, -0.15) is 0 Å². The van der Waals surface area contributed by atoms with Gasteiger partial charge in [-0.3, -0.25) is 10.3 Å². The summed E-state index contributed by atoms with van der Waals surface area (Å²) in [5, 5.41) is 10.1. The van der Waals surface area contributed by atoms with Gasteiger partial charge in [-0.25, -0.2) is 9.97 Å². The number of nitrogens with one attached hydrogen (secondary N) is 3. The lowest BCUT2D eigenvalue weighted by atomic mass is 10.3. The highest BCUT2D eigenvalue weighted by atomic mass is 35.5. The van der Waals surface area contributed by atoms with Crippen molar-refractivity contribution >= 4 is 46.5 Å². The molecule has 3 N–H and O–H groups in total. The SMILES string of the molecule is COCCCN=C(NC(=S)Nc1cc(Cl)ccc1OC)Nc1nc(C)cc(C)n1. The fraction of sp³-hybridized carbons (Fsp3) is 0.368. The van der Waals surface area contributed by atoms with Crippen LogP contribution in [0.25, 0.3) is 0 Å². The number of methoxy groups -OCH3 is 2. The molecule has 0 radical (unpaired) electrons. The van der Waals surface area contributed by atoms with E-state index in [1.165, 1.54) is 0 Å². The fourth-order valence-electron chi connectivity index (χ4n) is 2.44. The Labute approximate surface area is 181 Å². The van der Waals surface area contributed by atoms with Crippen LogP contribution < -0.4 is 20.7 Å². The van der Waals surface area contributed by atoms with Crippen molar-refractivity contribution < 1.29 is 9.47 Å². The first-order valence-electron chi connectivity index (χ1n) is 8.95. The number of ether oxygens (including phenoxy) is 2. The third-order valence-corrected chi connectivity index (χ3v) is 4.07. The zero-order valence-electron chi connectivity index (χ0n) is 16.9. The highest BCUT2D eigenvalue weighted by molar-refractivity contribution is 7.80. The Morgan fingerprint density at radius 1 is 1.14 bits per heavy atom. The number of benzene rings is 1. The Bertz CT molecular complexity index is 858. The van der Waals surface area contributed by atoms with Crippen LogP contribution in [0.15, 0.2) is 29.3 Å². The number of aliphatic imine (C=N–C) groups is 1. The van der Waals surface area contributed by atoms with Crippen molar-refractivity contribution in [2.75, 3.05) is 38.0 Å². The summed E-state index contributed by atoms with van der Waals surface area (Å²) in [6.07, 6.45) is 0.763. The maximum absolute atomic E-state index is 6.07. The molecule has 1 heterocycles. The molecule has 8 nitrogen and oxygen atoms in total. The van der Waals surface area contributed by atoms with Crippen molar-refractivity contribution in [1.29, 1.82) is 0 Å². The van der Waals surface area contributed by atoms with Gasteiger partial charge >= 0.3 is 0 Å². The van der Waals surface area contributed by atoms with Crippen LogP contribution in [0, 0.1) is 13.8 Å². The summed E-state index contributed by atoms with van der Waals surface area (Å²) in [4.78, 5) is 13.3. The van der Waals surface area contributed by atoms with Gasteiger partial charge in [0.15, 0.2) is 5.11 Å². The third-order valence-electron chi connectivity index (χ3n) is 3.63. The molecule has 0 fully saturated rings. The third kappa shape index (κ3) is 7.80. The maximum atomic E-state index is 6.07. The van der Waals surface area contributed by atoms with Crippen LogP contribution in [-0.4, -0.2) is 48.4 Å². The monoisotopic (exact) mass is 436 g/mol. The molecule has 1 aromatic heterocycles. The highest BCUT2D eigenvalue weighted by Gasteiger charge is 2.10. The van der Waals surface area contributed by atoms with Crippen LogP contribution >= 0.6 is 23.8 Å². The smallest absolute Gasteiger partial charge is 0.229 e. The summed E-state index contributed by atoms with van der Waals surface area (Å²) in [6, 6.07) is 7.12. The lowest BCUT2D eigenvalue weighted by Gasteiger charge is -2.16. The molecular formula is C19H25ClN6O2S. The first-order valence-corrected chi connectivity index (χ1v) is 9.74. The molecule has 2 aromatic rings. The summed E-state index contributed by atoms with van der Waals surface area (Å²) in [7, 11) is 3.23. The van der Waals surface area contributed by atoms with Crippen molar-refractivity contribution in [2.24, 2.45) is 4.99 Å². The first-order chi connectivity index (χ1) is 13.9. The maximum Gasteiger partial charge on any atom is 0.229 e.